The van der Waals surface area contributed by atoms with Gasteiger partial charge in [-0.15, -0.1) is 0 Å². The van der Waals surface area contributed by atoms with Crippen molar-refractivity contribution in [3.8, 4) is 0 Å². The van der Waals surface area contributed by atoms with Crippen molar-refractivity contribution in [2.24, 2.45) is 0 Å². The van der Waals surface area contributed by atoms with Crippen LogP contribution in [0.15, 0.2) is 0 Å². The average Bonchev–Trinajstić information content (AvgIpc) is 2.25. The standard InChI is InChI=1S/C12H25NS/c1-2-9-13-10-6-11-14-12-7-4-3-5-8-12/h12-13H,2-11H2,1H3. The van der Waals surface area contributed by atoms with E-state index < -0.39 is 0 Å². The Hall–Kier alpha value is 0.310. The highest BCUT2D eigenvalue weighted by atomic mass is 32.2. The van der Waals surface area contributed by atoms with Crippen molar-refractivity contribution in [1.29, 1.82) is 0 Å². The van der Waals surface area contributed by atoms with E-state index in [-0.39, 0.29) is 0 Å². The summed E-state index contributed by atoms with van der Waals surface area (Å²) in [5, 5.41) is 4.45. The third-order valence-electron chi connectivity index (χ3n) is 2.83. The zero-order valence-corrected chi connectivity index (χ0v) is 10.4. The van der Waals surface area contributed by atoms with Crippen molar-refractivity contribution in [3.05, 3.63) is 0 Å². The van der Waals surface area contributed by atoms with Gasteiger partial charge in [0, 0.05) is 5.25 Å². The fraction of sp³-hybridized carbons (Fsp3) is 1.00. The molecule has 0 atom stereocenters. The first-order valence-corrected chi connectivity index (χ1v) is 7.30. The first-order chi connectivity index (χ1) is 6.93. The third-order valence-corrected chi connectivity index (χ3v) is 4.30. The van der Waals surface area contributed by atoms with E-state index in [0.717, 1.165) is 5.25 Å². The summed E-state index contributed by atoms with van der Waals surface area (Å²) in [6.45, 7) is 4.63. The minimum atomic E-state index is 0.995. The highest BCUT2D eigenvalue weighted by Crippen LogP contribution is 2.28. The molecule has 0 aromatic heterocycles. The molecule has 1 saturated carbocycles. The summed E-state index contributed by atoms with van der Waals surface area (Å²) < 4.78 is 0. The van der Waals surface area contributed by atoms with Crippen LogP contribution in [0.4, 0.5) is 0 Å². The van der Waals surface area contributed by atoms with Gasteiger partial charge in [-0.05, 0) is 44.5 Å². The van der Waals surface area contributed by atoms with Crippen LogP contribution in [0, 0.1) is 0 Å². The molecular weight excluding hydrogens is 190 g/mol. The number of rotatable bonds is 7. The zero-order chi connectivity index (χ0) is 10.1. The first-order valence-electron chi connectivity index (χ1n) is 6.26. The van der Waals surface area contributed by atoms with E-state index in [1.807, 2.05) is 0 Å². The Morgan fingerprint density at radius 1 is 1.14 bits per heavy atom. The molecule has 0 unspecified atom stereocenters. The minimum Gasteiger partial charge on any atom is -0.317 e. The largest absolute Gasteiger partial charge is 0.317 e. The van der Waals surface area contributed by atoms with Crippen LogP contribution in [0.3, 0.4) is 0 Å². The predicted octanol–water partition coefficient (Wildman–Crippen LogP) is 3.44. The summed E-state index contributed by atoms with van der Waals surface area (Å²) in [4.78, 5) is 0. The van der Waals surface area contributed by atoms with Crippen molar-refractivity contribution in [2.75, 3.05) is 18.8 Å². The summed E-state index contributed by atoms with van der Waals surface area (Å²) in [5.74, 6) is 1.36. The lowest BCUT2D eigenvalue weighted by atomic mass is 10.0. The van der Waals surface area contributed by atoms with Gasteiger partial charge in [0.25, 0.3) is 0 Å². The van der Waals surface area contributed by atoms with E-state index in [9.17, 15) is 0 Å². The fourth-order valence-corrected chi connectivity index (χ4v) is 3.29. The van der Waals surface area contributed by atoms with Gasteiger partial charge in [-0.25, -0.2) is 0 Å². The monoisotopic (exact) mass is 215 g/mol. The highest BCUT2D eigenvalue weighted by molar-refractivity contribution is 7.99. The maximum Gasteiger partial charge on any atom is 0.00470 e. The molecule has 1 rings (SSSR count). The second kappa shape index (κ2) is 8.60. The molecule has 1 fully saturated rings. The van der Waals surface area contributed by atoms with E-state index in [2.05, 4.69) is 24.0 Å². The zero-order valence-electron chi connectivity index (χ0n) is 9.56. The predicted molar refractivity (Wildman–Crippen MR) is 67.1 cm³/mol. The van der Waals surface area contributed by atoms with Gasteiger partial charge >= 0.3 is 0 Å². The normalized spacial score (nSPS) is 18.6. The van der Waals surface area contributed by atoms with Crippen LogP contribution in [0.5, 0.6) is 0 Å². The van der Waals surface area contributed by atoms with Gasteiger partial charge in [-0.3, -0.25) is 0 Å². The number of nitrogens with one attached hydrogen (secondary N) is 1. The van der Waals surface area contributed by atoms with Crippen LogP contribution in [-0.2, 0) is 0 Å². The SMILES string of the molecule is CCCNCCCSC1CCCCC1. The molecule has 1 aliphatic rings. The van der Waals surface area contributed by atoms with Gasteiger partial charge < -0.3 is 5.32 Å². The minimum absolute atomic E-state index is 0.995. The first kappa shape index (κ1) is 12.4. The van der Waals surface area contributed by atoms with Crippen molar-refractivity contribution in [2.45, 2.75) is 57.1 Å². The van der Waals surface area contributed by atoms with Gasteiger partial charge in [0.05, 0.1) is 0 Å². The molecule has 1 N–H and O–H groups in total. The fourth-order valence-electron chi connectivity index (χ4n) is 1.98. The van der Waals surface area contributed by atoms with E-state index in [4.69, 9.17) is 0 Å². The number of hydrogen-bond acceptors (Lipinski definition) is 2. The van der Waals surface area contributed by atoms with Crippen molar-refractivity contribution in [3.63, 3.8) is 0 Å². The molecule has 0 bridgehead atoms. The smallest absolute Gasteiger partial charge is 0.00470 e. The lowest BCUT2D eigenvalue weighted by Crippen LogP contribution is -2.17. The average molecular weight is 215 g/mol. The van der Waals surface area contributed by atoms with Crippen molar-refractivity contribution >= 4 is 11.8 Å². The molecule has 0 amide bonds. The molecule has 2 heteroatoms. The Balaban J connectivity index is 1.82. The quantitative estimate of drug-likeness (QED) is 0.653. The van der Waals surface area contributed by atoms with Gasteiger partial charge in [0.2, 0.25) is 0 Å². The Morgan fingerprint density at radius 3 is 2.64 bits per heavy atom. The topological polar surface area (TPSA) is 12.0 Å². The molecular formula is C12H25NS. The van der Waals surface area contributed by atoms with Crippen molar-refractivity contribution in [1.82, 2.24) is 5.32 Å². The van der Waals surface area contributed by atoms with Gasteiger partial charge in [-0.1, -0.05) is 26.2 Å². The summed E-state index contributed by atoms with van der Waals surface area (Å²) in [7, 11) is 0. The molecule has 14 heavy (non-hydrogen) atoms. The second-order valence-electron chi connectivity index (χ2n) is 4.23. The molecule has 1 aliphatic carbocycles. The van der Waals surface area contributed by atoms with Gasteiger partial charge in [0.15, 0.2) is 0 Å². The van der Waals surface area contributed by atoms with Crippen LogP contribution in [0.1, 0.15) is 51.9 Å². The Bertz CT molecular complexity index is 121. The summed E-state index contributed by atoms with van der Waals surface area (Å²) in [6, 6.07) is 0. The van der Waals surface area contributed by atoms with Crippen LogP contribution in [-0.4, -0.2) is 24.1 Å². The molecule has 0 spiro atoms. The molecule has 84 valence electrons. The molecule has 0 heterocycles. The van der Waals surface area contributed by atoms with E-state index in [0.29, 0.717) is 0 Å². The Labute approximate surface area is 93.4 Å². The summed E-state index contributed by atoms with van der Waals surface area (Å²) in [5.41, 5.74) is 0. The van der Waals surface area contributed by atoms with Crippen LogP contribution in [0.25, 0.3) is 0 Å². The molecule has 0 radical (unpaired) electrons. The van der Waals surface area contributed by atoms with E-state index >= 15 is 0 Å². The molecule has 0 aromatic rings. The van der Waals surface area contributed by atoms with Crippen LogP contribution >= 0.6 is 11.8 Å². The summed E-state index contributed by atoms with van der Waals surface area (Å²) in [6.07, 6.45) is 10.0. The maximum atomic E-state index is 3.46. The van der Waals surface area contributed by atoms with E-state index in [1.165, 1.54) is 63.8 Å². The lowest BCUT2D eigenvalue weighted by Gasteiger charge is -2.20. The van der Waals surface area contributed by atoms with Crippen molar-refractivity contribution < 1.29 is 0 Å². The van der Waals surface area contributed by atoms with E-state index in [1.54, 1.807) is 0 Å². The van der Waals surface area contributed by atoms with Gasteiger partial charge in [-0.2, -0.15) is 11.8 Å². The van der Waals surface area contributed by atoms with Crippen LogP contribution in [0.2, 0.25) is 0 Å². The third kappa shape index (κ3) is 5.92. The lowest BCUT2D eigenvalue weighted by molar-refractivity contribution is 0.515. The highest BCUT2D eigenvalue weighted by Gasteiger charge is 2.12. The second-order valence-corrected chi connectivity index (χ2v) is 5.64. The Morgan fingerprint density at radius 2 is 1.93 bits per heavy atom. The summed E-state index contributed by atoms with van der Waals surface area (Å²) >= 11 is 2.22. The molecule has 1 nitrogen and oxygen atoms in total. The molecule has 0 aliphatic heterocycles. The van der Waals surface area contributed by atoms with Gasteiger partial charge in [0.1, 0.15) is 0 Å². The van der Waals surface area contributed by atoms with Crippen LogP contribution < -0.4 is 5.32 Å². The maximum absolute atomic E-state index is 3.46. The Kier molecular flexibility index (Phi) is 7.61. The molecule has 0 saturated heterocycles. The number of thioether (sulfide) groups is 1. The molecule has 0 aromatic carbocycles. The number of hydrogen-bond donors (Lipinski definition) is 1.